The van der Waals surface area contributed by atoms with Gasteiger partial charge < -0.3 is 20.2 Å². The first kappa shape index (κ1) is 23.1. The molecule has 0 saturated carbocycles. The summed E-state index contributed by atoms with van der Waals surface area (Å²) in [5, 5.41) is 13.7. The number of aliphatic hydroxyl groups is 1. The van der Waals surface area contributed by atoms with Crippen molar-refractivity contribution < 1.29 is 5.11 Å². The van der Waals surface area contributed by atoms with E-state index >= 15 is 0 Å². The van der Waals surface area contributed by atoms with Gasteiger partial charge in [-0.2, -0.15) is 9.98 Å². The molecule has 3 aromatic rings. The van der Waals surface area contributed by atoms with E-state index in [1.54, 1.807) is 21.6 Å². The van der Waals surface area contributed by atoms with E-state index in [2.05, 4.69) is 51.2 Å². The Morgan fingerprint density at radius 1 is 1.17 bits per heavy atom. The molecule has 0 amide bonds. The summed E-state index contributed by atoms with van der Waals surface area (Å²) < 4.78 is 3.37. The number of nitrogens with zero attached hydrogens (tertiary/aromatic N) is 7. The van der Waals surface area contributed by atoms with Crippen LogP contribution in [0.4, 0.5) is 17.3 Å². The van der Waals surface area contributed by atoms with E-state index in [4.69, 9.17) is 4.98 Å². The molecule has 1 saturated heterocycles. The SMILES string of the molecule is CCCn1c(=O)c2cnc(Nc3ccc(N4CCN(C)CC4)c(C)c3)nc2n1C1=NC(O)=CCC1. The fourth-order valence-corrected chi connectivity index (χ4v) is 4.75. The summed E-state index contributed by atoms with van der Waals surface area (Å²) in [7, 11) is 2.16. The maximum atomic E-state index is 13.1. The second-order valence-electron chi connectivity index (χ2n) is 9.22. The lowest BCUT2D eigenvalue weighted by molar-refractivity contribution is 0.312. The number of fused-ring (bicyclic) bond motifs is 1. The summed E-state index contributed by atoms with van der Waals surface area (Å²) in [5.74, 6) is 0.970. The zero-order chi connectivity index (χ0) is 24.5. The standard InChI is InChI=1S/C25H32N8O2/c1-4-10-32-24(35)19-16-26-25(29-23(19)33(32)21-6-5-7-22(34)28-21)27-18-8-9-20(17(2)15-18)31-13-11-30(3)12-14-31/h7-9,15-16,34H,4-6,10-14H2,1-3H3,(H,26,27,29). The zero-order valence-corrected chi connectivity index (χ0v) is 20.5. The van der Waals surface area contributed by atoms with Gasteiger partial charge in [-0.15, -0.1) is 0 Å². The summed E-state index contributed by atoms with van der Waals surface area (Å²) in [6.07, 6.45) is 5.28. The topological polar surface area (TPSA) is 104 Å². The second kappa shape index (κ2) is 9.53. The van der Waals surface area contributed by atoms with E-state index in [1.807, 2.05) is 13.0 Å². The number of aliphatic hydroxyl groups excluding tert-OH is 1. The fourth-order valence-electron chi connectivity index (χ4n) is 4.75. The molecule has 184 valence electrons. The normalized spacial score (nSPS) is 16.9. The molecule has 0 radical (unpaired) electrons. The molecule has 2 aliphatic rings. The molecule has 1 aromatic carbocycles. The van der Waals surface area contributed by atoms with Crippen LogP contribution in [0, 0.1) is 6.92 Å². The van der Waals surface area contributed by atoms with Gasteiger partial charge in [-0.25, -0.2) is 14.3 Å². The Bertz CT molecular complexity index is 1360. The van der Waals surface area contributed by atoms with Crippen LogP contribution < -0.4 is 15.8 Å². The van der Waals surface area contributed by atoms with E-state index in [0.717, 1.165) is 38.3 Å². The molecule has 35 heavy (non-hydrogen) atoms. The average molecular weight is 477 g/mol. The maximum Gasteiger partial charge on any atom is 0.278 e. The minimum absolute atomic E-state index is 0.0353. The summed E-state index contributed by atoms with van der Waals surface area (Å²) in [4.78, 5) is 31.3. The fraction of sp³-hybridized carbons (Fsp3) is 0.440. The third-order valence-corrected chi connectivity index (χ3v) is 6.59. The molecule has 0 unspecified atom stereocenters. The van der Waals surface area contributed by atoms with Crippen molar-refractivity contribution in [3.63, 3.8) is 0 Å². The third kappa shape index (κ3) is 4.53. The van der Waals surface area contributed by atoms with Crippen molar-refractivity contribution in [1.29, 1.82) is 0 Å². The molecule has 0 spiro atoms. The third-order valence-electron chi connectivity index (χ3n) is 6.59. The first-order chi connectivity index (χ1) is 16.9. The molecule has 5 rings (SSSR count). The highest BCUT2D eigenvalue weighted by atomic mass is 16.3. The van der Waals surface area contributed by atoms with Gasteiger partial charge in [0.25, 0.3) is 5.56 Å². The van der Waals surface area contributed by atoms with Crippen LogP contribution >= 0.6 is 0 Å². The van der Waals surface area contributed by atoms with Gasteiger partial charge in [0.05, 0.1) is 0 Å². The van der Waals surface area contributed by atoms with Crippen LogP contribution in [0.25, 0.3) is 11.0 Å². The van der Waals surface area contributed by atoms with E-state index in [-0.39, 0.29) is 11.4 Å². The Morgan fingerprint density at radius 3 is 2.69 bits per heavy atom. The smallest absolute Gasteiger partial charge is 0.278 e. The highest BCUT2D eigenvalue weighted by molar-refractivity contribution is 5.93. The molecule has 10 nitrogen and oxygen atoms in total. The van der Waals surface area contributed by atoms with Crippen molar-refractivity contribution in [3.8, 4) is 0 Å². The highest BCUT2D eigenvalue weighted by Gasteiger charge is 2.21. The molecular weight excluding hydrogens is 444 g/mol. The first-order valence-corrected chi connectivity index (χ1v) is 12.2. The van der Waals surface area contributed by atoms with E-state index in [1.165, 1.54) is 11.3 Å². The van der Waals surface area contributed by atoms with Crippen molar-refractivity contribution >= 4 is 34.2 Å². The Hall–Kier alpha value is -3.66. The minimum Gasteiger partial charge on any atom is -0.493 e. The second-order valence-corrected chi connectivity index (χ2v) is 9.22. The largest absolute Gasteiger partial charge is 0.493 e. The van der Waals surface area contributed by atoms with Gasteiger partial charge in [0.1, 0.15) is 11.2 Å². The van der Waals surface area contributed by atoms with Crippen LogP contribution in [-0.2, 0) is 6.54 Å². The lowest BCUT2D eigenvalue weighted by Gasteiger charge is -2.35. The molecule has 2 N–H and O–H groups in total. The number of benzene rings is 1. The quantitative estimate of drug-likeness (QED) is 0.583. The maximum absolute atomic E-state index is 13.1. The molecule has 4 heterocycles. The molecule has 2 aromatic heterocycles. The van der Waals surface area contributed by atoms with Gasteiger partial charge in [0, 0.05) is 56.7 Å². The van der Waals surface area contributed by atoms with E-state index in [0.29, 0.717) is 42.2 Å². The van der Waals surface area contributed by atoms with Gasteiger partial charge in [-0.3, -0.25) is 4.79 Å². The number of aromatic nitrogens is 4. The van der Waals surface area contributed by atoms with Crippen LogP contribution in [0.15, 0.2) is 46.1 Å². The van der Waals surface area contributed by atoms with Crippen LogP contribution in [0.1, 0.15) is 31.7 Å². The molecule has 2 aliphatic heterocycles. The predicted octanol–water partition coefficient (Wildman–Crippen LogP) is 3.25. The summed E-state index contributed by atoms with van der Waals surface area (Å²) >= 11 is 0. The number of aliphatic imine (C=N–C) groups is 1. The number of nitrogens with one attached hydrogen (secondary N) is 1. The number of aryl methyl sites for hydroxylation is 1. The Morgan fingerprint density at radius 2 is 1.97 bits per heavy atom. The van der Waals surface area contributed by atoms with Gasteiger partial charge in [-0.05, 0) is 56.7 Å². The van der Waals surface area contributed by atoms with Crippen LogP contribution in [-0.4, -0.2) is 68.4 Å². The molecule has 0 atom stereocenters. The van der Waals surface area contributed by atoms with Crippen LogP contribution in [0.5, 0.6) is 0 Å². The number of anilines is 3. The number of allylic oxidation sites excluding steroid dienone is 1. The number of hydrogen-bond donors (Lipinski definition) is 2. The van der Waals surface area contributed by atoms with Gasteiger partial charge in [0.15, 0.2) is 5.65 Å². The number of rotatable bonds is 5. The lowest BCUT2D eigenvalue weighted by atomic mass is 10.1. The van der Waals surface area contributed by atoms with Crippen molar-refractivity contribution in [3.05, 3.63) is 52.3 Å². The van der Waals surface area contributed by atoms with Gasteiger partial charge in [-0.1, -0.05) is 6.92 Å². The van der Waals surface area contributed by atoms with Crippen LogP contribution in [0.2, 0.25) is 0 Å². The Kier molecular flexibility index (Phi) is 6.29. The molecule has 0 aliphatic carbocycles. The van der Waals surface area contributed by atoms with E-state index < -0.39 is 0 Å². The number of likely N-dealkylation sites (N-methyl/N-ethyl adjacent to an activating group) is 1. The van der Waals surface area contributed by atoms with Crippen molar-refractivity contribution in [2.24, 2.45) is 4.99 Å². The summed E-state index contributed by atoms with van der Waals surface area (Å²) in [5.41, 5.74) is 3.65. The predicted molar refractivity (Wildman–Crippen MR) is 139 cm³/mol. The average Bonchev–Trinajstić information content (AvgIpc) is 3.11. The molecular formula is C25H32N8O2. The van der Waals surface area contributed by atoms with Gasteiger partial charge in [0.2, 0.25) is 11.8 Å². The molecule has 1 fully saturated rings. The van der Waals surface area contributed by atoms with Crippen molar-refractivity contribution in [2.75, 3.05) is 43.4 Å². The molecule has 10 heteroatoms. The monoisotopic (exact) mass is 476 g/mol. The Labute approximate surface area is 204 Å². The number of piperazine rings is 1. The first-order valence-electron chi connectivity index (χ1n) is 12.2. The zero-order valence-electron chi connectivity index (χ0n) is 20.5. The van der Waals surface area contributed by atoms with Crippen molar-refractivity contribution in [2.45, 2.75) is 39.7 Å². The van der Waals surface area contributed by atoms with E-state index in [9.17, 15) is 9.90 Å². The summed E-state index contributed by atoms with van der Waals surface area (Å²) in [6.45, 7) is 8.81. The minimum atomic E-state index is -0.155. The lowest BCUT2D eigenvalue weighted by Crippen LogP contribution is -2.44. The Balaban J connectivity index is 1.48. The van der Waals surface area contributed by atoms with Gasteiger partial charge >= 0.3 is 0 Å². The highest BCUT2D eigenvalue weighted by Crippen LogP contribution is 2.26. The van der Waals surface area contributed by atoms with Crippen molar-refractivity contribution in [1.82, 2.24) is 24.2 Å². The molecule has 0 bridgehead atoms. The summed E-state index contributed by atoms with van der Waals surface area (Å²) in [6, 6.07) is 6.28. The van der Waals surface area contributed by atoms with Crippen LogP contribution in [0.3, 0.4) is 0 Å². The number of hydrogen-bond acceptors (Lipinski definition) is 8.